The molecule has 1 aromatic heterocycles. The number of rotatable bonds is 2. The van der Waals surface area contributed by atoms with Crippen LogP contribution >= 0.6 is 11.8 Å². The van der Waals surface area contributed by atoms with Gasteiger partial charge < -0.3 is 9.32 Å². The number of piperidine rings is 1. The standard InChI is InChI=1S/C16H15N3O4S/c20-14(12-2-1-8-23-12)18-6-3-10(4-7-18)19-15(21)13-11(5-9-24-13)17-16(19)22/h1-2,5,8-10,13H,3-4,6-7H2. The Morgan fingerprint density at radius 1 is 1.29 bits per heavy atom. The Hall–Kier alpha value is -2.35. The van der Waals surface area contributed by atoms with Gasteiger partial charge >= 0.3 is 6.03 Å². The number of carbonyl (C=O) groups is 3. The van der Waals surface area contributed by atoms with Gasteiger partial charge in [-0.1, -0.05) is 0 Å². The lowest BCUT2D eigenvalue weighted by atomic mass is 10.0. The summed E-state index contributed by atoms with van der Waals surface area (Å²) in [6.45, 7) is 0.960. The molecular formula is C16H15N3O4S. The van der Waals surface area contributed by atoms with Crippen LogP contribution in [0.2, 0.25) is 0 Å². The lowest BCUT2D eigenvalue weighted by Gasteiger charge is -2.38. The van der Waals surface area contributed by atoms with E-state index in [0.717, 1.165) is 0 Å². The zero-order valence-electron chi connectivity index (χ0n) is 12.8. The van der Waals surface area contributed by atoms with E-state index in [1.54, 1.807) is 28.5 Å². The van der Waals surface area contributed by atoms with Crippen LogP contribution in [0, 0.1) is 0 Å². The monoisotopic (exact) mass is 345 g/mol. The fraction of sp³-hybridized carbons (Fsp3) is 0.375. The molecule has 1 fully saturated rings. The van der Waals surface area contributed by atoms with Crippen LogP contribution in [-0.2, 0) is 4.79 Å². The van der Waals surface area contributed by atoms with Crippen molar-refractivity contribution in [2.24, 2.45) is 4.99 Å². The second kappa shape index (κ2) is 5.94. The van der Waals surface area contributed by atoms with Crippen LogP contribution in [-0.4, -0.2) is 57.7 Å². The molecule has 8 heteroatoms. The van der Waals surface area contributed by atoms with Crippen molar-refractivity contribution >= 4 is 35.3 Å². The summed E-state index contributed by atoms with van der Waals surface area (Å²) >= 11 is 1.38. The van der Waals surface area contributed by atoms with Gasteiger partial charge in [-0.3, -0.25) is 14.5 Å². The first-order chi connectivity index (χ1) is 11.6. The van der Waals surface area contributed by atoms with E-state index in [2.05, 4.69) is 4.99 Å². The number of nitrogens with zero attached hydrogens (tertiary/aromatic N) is 3. The second-order valence-electron chi connectivity index (χ2n) is 5.85. The summed E-state index contributed by atoms with van der Waals surface area (Å²) in [6.07, 6.45) is 4.29. The fourth-order valence-corrected chi connectivity index (χ4v) is 4.11. The highest BCUT2D eigenvalue weighted by atomic mass is 32.2. The van der Waals surface area contributed by atoms with E-state index in [9.17, 15) is 14.4 Å². The van der Waals surface area contributed by atoms with Gasteiger partial charge in [-0.15, -0.1) is 11.8 Å². The summed E-state index contributed by atoms with van der Waals surface area (Å²) in [6, 6.07) is 2.60. The molecule has 1 unspecified atom stereocenters. The average molecular weight is 345 g/mol. The fourth-order valence-electron chi connectivity index (χ4n) is 3.23. The second-order valence-corrected chi connectivity index (χ2v) is 6.86. The number of thioether (sulfide) groups is 1. The van der Waals surface area contributed by atoms with Crippen molar-refractivity contribution in [3.8, 4) is 0 Å². The smallest absolute Gasteiger partial charge is 0.350 e. The summed E-state index contributed by atoms with van der Waals surface area (Å²) in [5, 5.41) is 1.40. The van der Waals surface area contributed by atoms with E-state index in [0.29, 0.717) is 37.4 Å². The van der Waals surface area contributed by atoms with Gasteiger partial charge in [0.1, 0.15) is 5.25 Å². The van der Waals surface area contributed by atoms with E-state index in [1.807, 2.05) is 0 Å². The molecule has 0 radical (unpaired) electrons. The summed E-state index contributed by atoms with van der Waals surface area (Å²) in [5.74, 6) is -0.0531. The number of urea groups is 1. The Bertz CT molecular complexity index is 747. The lowest BCUT2D eigenvalue weighted by Crippen LogP contribution is -2.55. The molecule has 4 rings (SSSR count). The number of hydrogen-bond acceptors (Lipinski definition) is 5. The topological polar surface area (TPSA) is 83.2 Å². The molecule has 1 aromatic rings. The first-order valence-electron chi connectivity index (χ1n) is 7.75. The molecule has 0 bridgehead atoms. The van der Waals surface area contributed by atoms with Crippen molar-refractivity contribution < 1.29 is 18.8 Å². The summed E-state index contributed by atoms with van der Waals surface area (Å²) in [7, 11) is 0. The molecule has 3 aliphatic heterocycles. The van der Waals surface area contributed by atoms with Gasteiger partial charge in [-0.2, -0.15) is 4.99 Å². The number of hydrogen-bond donors (Lipinski definition) is 0. The molecule has 124 valence electrons. The van der Waals surface area contributed by atoms with Crippen LogP contribution in [0.1, 0.15) is 23.4 Å². The van der Waals surface area contributed by atoms with Gasteiger partial charge in [-0.25, -0.2) is 4.79 Å². The molecule has 1 saturated heterocycles. The Morgan fingerprint density at radius 3 is 2.79 bits per heavy atom. The Labute approximate surface area is 142 Å². The lowest BCUT2D eigenvalue weighted by molar-refractivity contribution is -0.129. The summed E-state index contributed by atoms with van der Waals surface area (Å²) in [4.78, 5) is 44.1. The van der Waals surface area contributed by atoms with Gasteiger partial charge in [0.2, 0.25) is 0 Å². The van der Waals surface area contributed by atoms with Crippen molar-refractivity contribution in [2.75, 3.05) is 13.1 Å². The predicted octanol–water partition coefficient (Wildman–Crippen LogP) is 1.92. The highest BCUT2D eigenvalue weighted by Gasteiger charge is 2.43. The first kappa shape index (κ1) is 15.2. The van der Waals surface area contributed by atoms with E-state index in [1.165, 1.54) is 22.9 Å². The van der Waals surface area contributed by atoms with Crippen molar-refractivity contribution in [1.29, 1.82) is 0 Å². The Morgan fingerprint density at radius 2 is 2.08 bits per heavy atom. The van der Waals surface area contributed by atoms with Crippen molar-refractivity contribution in [3.63, 3.8) is 0 Å². The van der Waals surface area contributed by atoms with Crippen molar-refractivity contribution in [3.05, 3.63) is 35.6 Å². The first-order valence-corrected chi connectivity index (χ1v) is 8.70. The third-order valence-electron chi connectivity index (χ3n) is 4.46. The van der Waals surface area contributed by atoms with Crippen LogP contribution in [0.5, 0.6) is 0 Å². The minimum atomic E-state index is -0.491. The highest BCUT2D eigenvalue weighted by molar-refractivity contribution is 8.04. The quantitative estimate of drug-likeness (QED) is 0.818. The third kappa shape index (κ3) is 2.47. The summed E-state index contributed by atoms with van der Waals surface area (Å²) in [5.41, 5.74) is 0.539. The van der Waals surface area contributed by atoms with Crippen LogP contribution in [0.25, 0.3) is 0 Å². The van der Waals surface area contributed by atoms with Gasteiger partial charge in [0, 0.05) is 19.1 Å². The summed E-state index contributed by atoms with van der Waals surface area (Å²) < 4.78 is 5.14. The van der Waals surface area contributed by atoms with Crippen molar-refractivity contribution in [1.82, 2.24) is 9.80 Å². The van der Waals surface area contributed by atoms with Gasteiger partial charge in [-0.05, 0) is 36.5 Å². The largest absolute Gasteiger partial charge is 0.459 e. The molecule has 0 aliphatic carbocycles. The van der Waals surface area contributed by atoms with Gasteiger partial charge in [0.15, 0.2) is 5.76 Å². The highest BCUT2D eigenvalue weighted by Crippen LogP contribution is 2.30. The van der Waals surface area contributed by atoms with Crippen LogP contribution in [0.3, 0.4) is 0 Å². The molecule has 24 heavy (non-hydrogen) atoms. The normalized spacial score (nSPS) is 24.3. The Kier molecular flexibility index (Phi) is 3.76. The number of likely N-dealkylation sites (tertiary alicyclic amines) is 1. The molecule has 0 saturated carbocycles. The van der Waals surface area contributed by atoms with Gasteiger partial charge in [0.05, 0.1) is 12.0 Å². The molecule has 4 heterocycles. The van der Waals surface area contributed by atoms with Crippen LogP contribution in [0.15, 0.2) is 39.3 Å². The zero-order chi connectivity index (χ0) is 16.7. The number of carbonyl (C=O) groups excluding carboxylic acids is 3. The van der Waals surface area contributed by atoms with E-state index in [-0.39, 0.29) is 17.9 Å². The molecule has 1 atom stereocenters. The van der Waals surface area contributed by atoms with Crippen molar-refractivity contribution in [2.45, 2.75) is 24.1 Å². The SMILES string of the molecule is O=C(c1ccco1)N1CCC(N2C(=O)N=C3C=CSC3C2=O)CC1. The number of imide groups is 1. The number of allylic oxidation sites excluding steroid dienone is 1. The molecule has 0 spiro atoms. The molecular weight excluding hydrogens is 330 g/mol. The molecule has 0 aromatic carbocycles. The number of amides is 4. The maximum atomic E-state index is 12.6. The van der Waals surface area contributed by atoms with E-state index < -0.39 is 11.3 Å². The minimum Gasteiger partial charge on any atom is -0.459 e. The van der Waals surface area contributed by atoms with Gasteiger partial charge in [0.25, 0.3) is 11.8 Å². The van der Waals surface area contributed by atoms with Crippen LogP contribution in [0.4, 0.5) is 4.79 Å². The molecule has 7 nitrogen and oxygen atoms in total. The Balaban J connectivity index is 1.44. The zero-order valence-corrected chi connectivity index (χ0v) is 13.6. The number of fused-ring (bicyclic) bond motifs is 1. The minimum absolute atomic E-state index is 0.161. The average Bonchev–Trinajstić information content (AvgIpc) is 3.26. The van der Waals surface area contributed by atoms with Crippen LogP contribution < -0.4 is 0 Å². The number of furan rings is 1. The third-order valence-corrected chi connectivity index (χ3v) is 5.47. The molecule has 3 aliphatic rings. The molecule has 4 amide bonds. The maximum Gasteiger partial charge on any atom is 0.350 e. The number of aliphatic imine (C=N–C) groups is 1. The van der Waals surface area contributed by atoms with E-state index >= 15 is 0 Å². The van der Waals surface area contributed by atoms with E-state index in [4.69, 9.17) is 4.42 Å². The maximum absolute atomic E-state index is 12.6. The molecule has 0 N–H and O–H groups in total. The predicted molar refractivity (Wildman–Crippen MR) is 87.8 cm³/mol.